The van der Waals surface area contributed by atoms with Crippen LogP contribution < -0.4 is 0 Å². The maximum absolute atomic E-state index is 10.4. The Hall–Kier alpha value is 0.240. The second-order valence-electron chi connectivity index (χ2n) is 1.86. The molecule has 0 amide bonds. The summed E-state index contributed by atoms with van der Waals surface area (Å²) in [7, 11) is -2.55. The van der Waals surface area contributed by atoms with Gasteiger partial charge in [0.25, 0.3) is 0 Å². The predicted octanol–water partition coefficient (Wildman–Crippen LogP) is 0.617. The molecule has 1 aliphatic heterocycles. The molecule has 1 fully saturated rings. The first-order valence-electron chi connectivity index (χ1n) is 2.41. The fraction of sp³-hybridized carbons (Fsp3) is 1.00. The van der Waals surface area contributed by atoms with Crippen molar-refractivity contribution >= 4 is 22.2 Å². The van der Waals surface area contributed by atoms with Crippen molar-refractivity contribution in [1.29, 1.82) is 0 Å². The van der Waals surface area contributed by atoms with Crippen LogP contribution in [-0.4, -0.2) is 19.9 Å². The minimum Gasteiger partial charge on any atom is -0.229 e. The highest BCUT2D eigenvalue weighted by atomic mass is 35.5. The topological polar surface area (TPSA) is 34.1 Å². The van der Waals surface area contributed by atoms with E-state index in [1.807, 2.05) is 0 Å². The van der Waals surface area contributed by atoms with Crippen LogP contribution in [-0.2, 0) is 9.84 Å². The lowest BCUT2D eigenvalue weighted by Crippen LogP contribution is -1.98. The Morgan fingerprint density at radius 3 is 1.50 bits per heavy atom. The summed E-state index contributed by atoms with van der Waals surface area (Å²) in [6.07, 6.45) is 1.75. The van der Waals surface area contributed by atoms with Crippen molar-refractivity contribution in [2.45, 2.75) is 12.8 Å². The quantitative estimate of drug-likeness (QED) is 0.515. The van der Waals surface area contributed by atoms with Gasteiger partial charge in [-0.1, -0.05) is 0 Å². The van der Waals surface area contributed by atoms with Gasteiger partial charge in [-0.05, 0) is 12.8 Å². The van der Waals surface area contributed by atoms with E-state index in [4.69, 9.17) is 0 Å². The Labute approximate surface area is 55.6 Å². The van der Waals surface area contributed by atoms with Crippen molar-refractivity contribution in [2.24, 2.45) is 0 Å². The lowest BCUT2D eigenvalue weighted by atomic mass is 10.4. The summed E-state index contributed by atoms with van der Waals surface area (Å²) in [5.74, 6) is 0.847. The third-order valence-corrected chi connectivity index (χ3v) is 2.98. The molecular weight excluding hydrogens is 148 g/mol. The molecule has 0 radical (unpaired) electrons. The standard InChI is InChI=1S/C4H8O2S.ClH/c5-7(6)3-1-2-4-7;/h1-4H2;1H. The molecule has 1 saturated heterocycles. The molecule has 0 unspecified atom stereocenters. The number of hydrogen-bond acceptors (Lipinski definition) is 2. The molecule has 8 heavy (non-hydrogen) atoms. The number of hydrogen-bond donors (Lipinski definition) is 0. The maximum atomic E-state index is 10.4. The van der Waals surface area contributed by atoms with Gasteiger partial charge in [0.1, 0.15) is 9.84 Å². The van der Waals surface area contributed by atoms with E-state index in [2.05, 4.69) is 0 Å². The summed E-state index contributed by atoms with van der Waals surface area (Å²) in [5, 5.41) is 0. The maximum Gasteiger partial charge on any atom is 0.150 e. The fourth-order valence-corrected chi connectivity index (χ4v) is 2.24. The SMILES string of the molecule is Cl.O=S1(=O)CCCC1. The first kappa shape index (κ1) is 8.24. The Bertz CT molecular complexity index is 137. The van der Waals surface area contributed by atoms with Crippen LogP contribution in [0.1, 0.15) is 12.8 Å². The average molecular weight is 157 g/mol. The van der Waals surface area contributed by atoms with Gasteiger partial charge in [0, 0.05) is 0 Å². The molecule has 0 N–H and O–H groups in total. The van der Waals surface area contributed by atoms with E-state index in [0.29, 0.717) is 11.5 Å². The predicted molar refractivity (Wildman–Crippen MR) is 35.1 cm³/mol. The van der Waals surface area contributed by atoms with Crippen molar-refractivity contribution in [3.63, 3.8) is 0 Å². The molecule has 0 spiro atoms. The van der Waals surface area contributed by atoms with Crippen LogP contribution in [0.25, 0.3) is 0 Å². The van der Waals surface area contributed by atoms with Crippen LogP contribution in [0.5, 0.6) is 0 Å². The highest BCUT2D eigenvalue weighted by Crippen LogP contribution is 2.08. The van der Waals surface area contributed by atoms with Crippen LogP contribution in [0.4, 0.5) is 0 Å². The highest BCUT2D eigenvalue weighted by molar-refractivity contribution is 7.91. The highest BCUT2D eigenvalue weighted by Gasteiger charge is 2.16. The summed E-state index contributed by atoms with van der Waals surface area (Å²) in [5.41, 5.74) is 0. The third kappa shape index (κ3) is 2.01. The van der Waals surface area contributed by atoms with Crippen molar-refractivity contribution in [2.75, 3.05) is 11.5 Å². The van der Waals surface area contributed by atoms with Crippen LogP contribution >= 0.6 is 12.4 Å². The summed E-state index contributed by atoms with van der Waals surface area (Å²) in [6, 6.07) is 0. The Kier molecular flexibility index (Phi) is 2.77. The molecule has 0 saturated carbocycles. The van der Waals surface area contributed by atoms with E-state index in [9.17, 15) is 8.42 Å². The first-order chi connectivity index (χ1) is 3.21. The van der Waals surface area contributed by atoms with Crippen LogP contribution in [0.2, 0.25) is 0 Å². The molecule has 0 aliphatic carbocycles. The monoisotopic (exact) mass is 156 g/mol. The molecule has 1 rings (SSSR count). The van der Waals surface area contributed by atoms with Crippen molar-refractivity contribution in [3.8, 4) is 0 Å². The van der Waals surface area contributed by atoms with E-state index in [0.717, 1.165) is 12.8 Å². The zero-order valence-electron chi connectivity index (χ0n) is 4.46. The largest absolute Gasteiger partial charge is 0.229 e. The second-order valence-corrected chi connectivity index (χ2v) is 4.16. The van der Waals surface area contributed by atoms with Crippen molar-refractivity contribution in [3.05, 3.63) is 0 Å². The second kappa shape index (κ2) is 2.69. The van der Waals surface area contributed by atoms with E-state index in [1.165, 1.54) is 0 Å². The molecule has 1 aliphatic rings. The lowest BCUT2D eigenvalue weighted by Gasteiger charge is -1.81. The Morgan fingerprint density at radius 1 is 1.00 bits per heavy atom. The fourth-order valence-electron chi connectivity index (χ4n) is 0.746. The van der Waals surface area contributed by atoms with Gasteiger partial charge in [-0.2, -0.15) is 0 Å². The molecule has 50 valence electrons. The van der Waals surface area contributed by atoms with E-state index in [1.54, 1.807) is 0 Å². The van der Waals surface area contributed by atoms with Gasteiger partial charge in [0.2, 0.25) is 0 Å². The Morgan fingerprint density at radius 2 is 1.38 bits per heavy atom. The Balaban J connectivity index is 0.000000490. The van der Waals surface area contributed by atoms with Gasteiger partial charge in [-0.25, -0.2) is 8.42 Å². The molecule has 0 aromatic rings. The molecular formula is C4H9ClO2S. The normalized spacial score (nSPS) is 24.5. The molecule has 4 heteroatoms. The van der Waals surface area contributed by atoms with Gasteiger partial charge in [-0.3, -0.25) is 0 Å². The van der Waals surface area contributed by atoms with Crippen molar-refractivity contribution in [1.82, 2.24) is 0 Å². The lowest BCUT2D eigenvalue weighted by molar-refractivity contribution is 0.602. The number of halogens is 1. The minimum atomic E-state index is -2.55. The van der Waals surface area contributed by atoms with Crippen LogP contribution in [0.3, 0.4) is 0 Å². The van der Waals surface area contributed by atoms with E-state index in [-0.39, 0.29) is 12.4 Å². The van der Waals surface area contributed by atoms with Gasteiger partial charge in [0.15, 0.2) is 0 Å². The number of sulfone groups is 1. The summed E-state index contributed by atoms with van der Waals surface area (Å²) < 4.78 is 20.9. The van der Waals surface area contributed by atoms with Crippen molar-refractivity contribution < 1.29 is 8.42 Å². The van der Waals surface area contributed by atoms with Gasteiger partial charge in [-0.15, -0.1) is 12.4 Å². The summed E-state index contributed by atoms with van der Waals surface area (Å²) in [6.45, 7) is 0. The molecule has 0 atom stereocenters. The summed E-state index contributed by atoms with van der Waals surface area (Å²) >= 11 is 0. The summed E-state index contributed by atoms with van der Waals surface area (Å²) in [4.78, 5) is 0. The zero-order chi connectivity index (χ0) is 5.33. The average Bonchev–Trinajstić information content (AvgIpc) is 1.84. The molecule has 2 nitrogen and oxygen atoms in total. The van der Waals surface area contributed by atoms with Crippen LogP contribution in [0, 0.1) is 0 Å². The van der Waals surface area contributed by atoms with Crippen LogP contribution in [0.15, 0.2) is 0 Å². The number of rotatable bonds is 0. The van der Waals surface area contributed by atoms with E-state index >= 15 is 0 Å². The smallest absolute Gasteiger partial charge is 0.150 e. The molecule has 1 heterocycles. The third-order valence-electron chi connectivity index (χ3n) is 1.16. The molecule has 0 bridgehead atoms. The van der Waals surface area contributed by atoms with Gasteiger partial charge in [0.05, 0.1) is 11.5 Å². The minimum absolute atomic E-state index is 0. The van der Waals surface area contributed by atoms with Gasteiger partial charge >= 0.3 is 0 Å². The molecule has 0 aromatic heterocycles. The molecule has 0 aromatic carbocycles. The van der Waals surface area contributed by atoms with Gasteiger partial charge < -0.3 is 0 Å². The van der Waals surface area contributed by atoms with E-state index < -0.39 is 9.84 Å². The zero-order valence-corrected chi connectivity index (χ0v) is 6.09. The first-order valence-corrected chi connectivity index (χ1v) is 4.23.